The van der Waals surface area contributed by atoms with Crippen molar-refractivity contribution in [2.24, 2.45) is 0 Å². The van der Waals surface area contributed by atoms with Crippen LogP contribution in [0.5, 0.6) is 0 Å². The van der Waals surface area contributed by atoms with Crippen molar-refractivity contribution in [3.8, 4) is 0 Å². The molecule has 2 aliphatic heterocycles. The molecule has 2 saturated heterocycles. The van der Waals surface area contributed by atoms with Crippen LogP contribution in [-0.2, 0) is 18.9 Å². The van der Waals surface area contributed by atoms with Crippen molar-refractivity contribution >= 4 is 23.1 Å². The first-order valence-corrected chi connectivity index (χ1v) is 12.3. The maximum Gasteiger partial charge on any atom is 0.167 e. The SMILES string of the molecule is COC1CCC(Nc2ncnc3c2ncn3C2OC(C=Cc3ccccc3F)C3OC(C)(C)OC32)C1. The lowest BCUT2D eigenvalue weighted by Gasteiger charge is -2.24. The Kier molecular flexibility index (Phi) is 5.99. The van der Waals surface area contributed by atoms with Crippen molar-refractivity contribution < 1.29 is 23.3 Å². The van der Waals surface area contributed by atoms with E-state index in [0.29, 0.717) is 22.5 Å². The first-order valence-electron chi connectivity index (χ1n) is 12.3. The van der Waals surface area contributed by atoms with Gasteiger partial charge in [0.05, 0.1) is 12.4 Å². The highest BCUT2D eigenvalue weighted by Gasteiger charge is 2.55. The van der Waals surface area contributed by atoms with Gasteiger partial charge in [-0.2, -0.15) is 0 Å². The van der Waals surface area contributed by atoms with E-state index in [9.17, 15) is 4.39 Å². The minimum atomic E-state index is -0.778. The predicted octanol–water partition coefficient (Wildman–Crippen LogP) is 4.08. The predicted molar refractivity (Wildman–Crippen MR) is 131 cm³/mol. The molecular weight excluding hydrogens is 465 g/mol. The molecular formula is C26H30FN5O4. The van der Waals surface area contributed by atoms with Crippen molar-refractivity contribution in [3.05, 3.63) is 54.4 Å². The van der Waals surface area contributed by atoms with Gasteiger partial charge in [0.25, 0.3) is 0 Å². The molecule has 1 aliphatic carbocycles. The number of aromatic nitrogens is 4. The van der Waals surface area contributed by atoms with E-state index in [0.717, 1.165) is 19.3 Å². The number of methoxy groups -OCH3 is 1. The van der Waals surface area contributed by atoms with Crippen LogP contribution in [0.4, 0.5) is 10.2 Å². The second-order valence-electron chi connectivity index (χ2n) is 10.00. The summed E-state index contributed by atoms with van der Waals surface area (Å²) in [4.78, 5) is 13.6. The van der Waals surface area contributed by atoms with Gasteiger partial charge in [-0.05, 0) is 39.2 Å². The zero-order valence-corrected chi connectivity index (χ0v) is 20.5. The van der Waals surface area contributed by atoms with Crippen LogP contribution in [0.25, 0.3) is 17.2 Å². The summed E-state index contributed by atoms with van der Waals surface area (Å²) < 4.78 is 40.4. The Morgan fingerprint density at radius 2 is 1.97 bits per heavy atom. The molecule has 6 rings (SSSR count). The van der Waals surface area contributed by atoms with Gasteiger partial charge in [0.1, 0.15) is 30.5 Å². The highest BCUT2D eigenvalue weighted by molar-refractivity contribution is 5.82. The molecule has 1 saturated carbocycles. The largest absolute Gasteiger partial charge is 0.381 e. The average molecular weight is 496 g/mol. The summed E-state index contributed by atoms with van der Waals surface area (Å²) in [5.74, 6) is -0.380. The lowest BCUT2D eigenvalue weighted by molar-refractivity contribution is -0.191. The molecule has 0 bridgehead atoms. The molecule has 3 aliphatic rings. The van der Waals surface area contributed by atoms with Gasteiger partial charge >= 0.3 is 0 Å². The number of imidazole rings is 1. The highest BCUT2D eigenvalue weighted by atomic mass is 19.1. The fourth-order valence-corrected chi connectivity index (χ4v) is 5.42. The lowest BCUT2D eigenvalue weighted by Crippen LogP contribution is -2.28. The summed E-state index contributed by atoms with van der Waals surface area (Å²) in [5.41, 5.74) is 1.80. The van der Waals surface area contributed by atoms with E-state index >= 15 is 0 Å². The Hall–Kier alpha value is -2.92. The van der Waals surface area contributed by atoms with Gasteiger partial charge in [0.2, 0.25) is 0 Å². The molecule has 10 heteroatoms. The van der Waals surface area contributed by atoms with Crippen molar-refractivity contribution in [1.29, 1.82) is 0 Å². The molecule has 36 heavy (non-hydrogen) atoms. The molecule has 0 radical (unpaired) electrons. The molecule has 4 heterocycles. The third-order valence-electron chi connectivity index (χ3n) is 7.13. The molecule has 0 spiro atoms. The molecule has 3 aromatic rings. The summed E-state index contributed by atoms with van der Waals surface area (Å²) in [7, 11) is 1.75. The number of nitrogens with one attached hydrogen (secondary N) is 1. The van der Waals surface area contributed by atoms with Crippen LogP contribution in [0, 0.1) is 5.82 Å². The van der Waals surface area contributed by atoms with Crippen LogP contribution in [0.2, 0.25) is 0 Å². The number of rotatable bonds is 6. The summed E-state index contributed by atoms with van der Waals surface area (Å²) in [6, 6.07) is 6.89. The second-order valence-corrected chi connectivity index (χ2v) is 10.00. The van der Waals surface area contributed by atoms with E-state index in [2.05, 4.69) is 20.3 Å². The number of benzene rings is 1. The molecule has 2 aromatic heterocycles. The molecule has 6 unspecified atom stereocenters. The fraction of sp³-hybridized carbons (Fsp3) is 0.500. The van der Waals surface area contributed by atoms with Crippen LogP contribution in [0.3, 0.4) is 0 Å². The van der Waals surface area contributed by atoms with E-state index in [-0.39, 0.29) is 24.1 Å². The van der Waals surface area contributed by atoms with Gasteiger partial charge in [-0.15, -0.1) is 0 Å². The quantitative estimate of drug-likeness (QED) is 0.547. The normalized spacial score (nSPS) is 31.4. The summed E-state index contributed by atoms with van der Waals surface area (Å²) >= 11 is 0. The molecule has 1 aromatic carbocycles. The van der Waals surface area contributed by atoms with Crippen LogP contribution < -0.4 is 5.32 Å². The second kappa shape index (κ2) is 9.19. The van der Waals surface area contributed by atoms with Gasteiger partial charge in [-0.25, -0.2) is 19.3 Å². The average Bonchev–Trinajstić information content (AvgIpc) is 3.62. The Morgan fingerprint density at radius 1 is 1.14 bits per heavy atom. The maximum absolute atomic E-state index is 14.2. The zero-order chi connectivity index (χ0) is 24.9. The van der Waals surface area contributed by atoms with Crippen LogP contribution in [-0.4, -0.2) is 62.9 Å². The standard InChI is InChI=1S/C26H30FN5O4/c1-26(2)35-21-19(11-8-15-6-4-5-7-18(15)27)34-25(22(21)36-26)32-14-30-20-23(28-13-29-24(20)32)31-16-9-10-17(12-16)33-3/h4-8,11,13-14,16-17,19,21-22,25H,9-10,12H2,1-3H3,(H,28,29,31). The Balaban J connectivity index is 1.28. The first kappa shape index (κ1) is 23.5. The maximum atomic E-state index is 14.2. The number of halogens is 1. The van der Waals surface area contributed by atoms with E-state index in [1.165, 1.54) is 12.4 Å². The summed E-state index contributed by atoms with van der Waals surface area (Å²) in [6.07, 6.45) is 8.28. The number of hydrogen-bond donors (Lipinski definition) is 1. The topological polar surface area (TPSA) is 92.6 Å². The van der Waals surface area contributed by atoms with Crippen LogP contribution >= 0.6 is 0 Å². The number of fused-ring (bicyclic) bond motifs is 2. The third-order valence-corrected chi connectivity index (χ3v) is 7.13. The van der Waals surface area contributed by atoms with Gasteiger partial charge in [-0.3, -0.25) is 4.57 Å². The van der Waals surface area contributed by atoms with Crippen LogP contribution in [0.1, 0.15) is 44.9 Å². The zero-order valence-electron chi connectivity index (χ0n) is 20.5. The molecule has 9 nitrogen and oxygen atoms in total. The highest BCUT2D eigenvalue weighted by Crippen LogP contribution is 2.44. The third kappa shape index (κ3) is 4.28. The molecule has 190 valence electrons. The van der Waals surface area contributed by atoms with E-state index in [4.69, 9.17) is 18.9 Å². The number of anilines is 1. The molecule has 3 fully saturated rings. The fourth-order valence-electron chi connectivity index (χ4n) is 5.42. The summed E-state index contributed by atoms with van der Waals surface area (Å²) in [6.45, 7) is 3.76. The minimum Gasteiger partial charge on any atom is -0.381 e. The molecule has 1 N–H and O–H groups in total. The van der Waals surface area contributed by atoms with Gasteiger partial charge in [0, 0.05) is 18.7 Å². The van der Waals surface area contributed by atoms with Gasteiger partial charge < -0.3 is 24.3 Å². The smallest absolute Gasteiger partial charge is 0.167 e. The number of hydrogen-bond acceptors (Lipinski definition) is 8. The van der Waals surface area contributed by atoms with Crippen molar-refractivity contribution in [2.75, 3.05) is 12.4 Å². The minimum absolute atomic E-state index is 0.262. The first-order chi connectivity index (χ1) is 17.4. The van der Waals surface area contributed by atoms with Gasteiger partial charge in [-0.1, -0.05) is 30.4 Å². The molecule has 0 amide bonds. The van der Waals surface area contributed by atoms with E-state index in [1.807, 2.05) is 24.5 Å². The van der Waals surface area contributed by atoms with Gasteiger partial charge in [0.15, 0.2) is 29.0 Å². The number of nitrogens with zero attached hydrogens (tertiary/aromatic N) is 4. The van der Waals surface area contributed by atoms with Crippen molar-refractivity contribution in [2.45, 2.75) is 75.6 Å². The Labute approximate surface area is 208 Å². The van der Waals surface area contributed by atoms with Crippen LogP contribution in [0.15, 0.2) is 43.0 Å². The monoisotopic (exact) mass is 495 g/mol. The van der Waals surface area contributed by atoms with Crippen molar-refractivity contribution in [3.63, 3.8) is 0 Å². The van der Waals surface area contributed by atoms with Crippen molar-refractivity contribution in [1.82, 2.24) is 19.5 Å². The lowest BCUT2D eigenvalue weighted by atomic mass is 10.1. The number of ether oxygens (including phenoxy) is 4. The van der Waals surface area contributed by atoms with E-state index < -0.39 is 24.2 Å². The Bertz CT molecular complexity index is 1280. The molecule has 6 atom stereocenters. The summed E-state index contributed by atoms with van der Waals surface area (Å²) in [5, 5.41) is 3.51. The van der Waals surface area contributed by atoms with E-state index in [1.54, 1.807) is 37.7 Å². The Morgan fingerprint density at radius 3 is 2.78 bits per heavy atom.